The highest BCUT2D eigenvalue weighted by Crippen LogP contribution is 2.06. The standard InChI is InChI=1S/C10H22N2O3/c1-11-6-10(15)12-5-3-2-4-9(7-13)8-14/h9,11,13-14H,2-8H2,1H3,(H,12,15). The second kappa shape index (κ2) is 9.89. The predicted molar refractivity (Wildman–Crippen MR) is 58.4 cm³/mol. The van der Waals surface area contributed by atoms with Gasteiger partial charge in [0.25, 0.3) is 0 Å². The molecule has 0 aliphatic heterocycles. The maximum atomic E-state index is 11.0. The van der Waals surface area contributed by atoms with Gasteiger partial charge in [-0.3, -0.25) is 4.79 Å². The number of unbranched alkanes of at least 4 members (excludes halogenated alkanes) is 1. The zero-order valence-corrected chi connectivity index (χ0v) is 9.33. The van der Waals surface area contributed by atoms with Crippen LogP contribution >= 0.6 is 0 Å². The predicted octanol–water partition coefficient (Wildman–Crippen LogP) is -0.907. The summed E-state index contributed by atoms with van der Waals surface area (Å²) in [5.74, 6) is -0.0172. The largest absolute Gasteiger partial charge is 0.396 e. The molecule has 0 rings (SSSR count). The van der Waals surface area contributed by atoms with Crippen LogP contribution in [0.1, 0.15) is 19.3 Å². The van der Waals surface area contributed by atoms with Crippen LogP contribution in [-0.2, 0) is 4.79 Å². The molecule has 15 heavy (non-hydrogen) atoms. The zero-order chi connectivity index (χ0) is 11.5. The Hall–Kier alpha value is -0.650. The first-order chi connectivity index (χ1) is 7.24. The molecule has 5 nitrogen and oxygen atoms in total. The molecule has 5 heteroatoms. The quantitative estimate of drug-likeness (QED) is 0.378. The van der Waals surface area contributed by atoms with E-state index in [-0.39, 0.29) is 25.0 Å². The molecule has 1 amide bonds. The first kappa shape index (κ1) is 14.3. The van der Waals surface area contributed by atoms with Crippen molar-refractivity contribution in [3.05, 3.63) is 0 Å². The molecule has 0 aromatic heterocycles. The molecule has 0 atom stereocenters. The molecular weight excluding hydrogens is 196 g/mol. The van der Waals surface area contributed by atoms with Gasteiger partial charge in [-0.25, -0.2) is 0 Å². The number of rotatable bonds is 9. The number of amides is 1. The molecule has 0 saturated heterocycles. The Morgan fingerprint density at radius 2 is 1.93 bits per heavy atom. The number of aliphatic hydroxyl groups excluding tert-OH is 2. The normalized spacial score (nSPS) is 10.7. The molecule has 0 saturated carbocycles. The fourth-order valence-corrected chi connectivity index (χ4v) is 1.25. The number of nitrogens with one attached hydrogen (secondary N) is 2. The van der Waals surface area contributed by atoms with Gasteiger partial charge in [0, 0.05) is 25.7 Å². The average Bonchev–Trinajstić information content (AvgIpc) is 2.24. The molecule has 0 aliphatic rings. The van der Waals surface area contributed by atoms with Gasteiger partial charge in [0.2, 0.25) is 5.91 Å². The van der Waals surface area contributed by atoms with Crippen LogP contribution in [-0.4, -0.2) is 49.5 Å². The molecule has 0 bridgehead atoms. The summed E-state index contributed by atoms with van der Waals surface area (Å²) in [5.41, 5.74) is 0. The Morgan fingerprint density at radius 1 is 1.27 bits per heavy atom. The van der Waals surface area contributed by atoms with Gasteiger partial charge in [-0.2, -0.15) is 0 Å². The Bertz CT molecular complexity index is 161. The second-order valence-corrected chi connectivity index (χ2v) is 3.61. The van der Waals surface area contributed by atoms with Crippen molar-refractivity contribution in [2.24, 2.45) is 5.92 Å². The minimum absolute atomic E-state index is 0.00151. The molecule has 0 heterocycles. The van der Waals surface area contributed by atoms with E-state index in [1.165, 1.54) is 0 Å². The van der Waals surface area contributed by atoms with E-state index in [0.29, 0.717) is 13.1 Å². The molecule has 0 aromatic carbocycles. The van der Waals surface area contributed by atoms with Crippen LogP contribution in [0.3, 0.4) is 0 Å². The van der Waals surface area contributed by atoms with Crippen LogP contribution in [0.25, 0.3) is 0 Å². The first-order valence-corrected chi connectivity index (χ1v) is 5.37. The van der Waals surface area contributed by atoms with Gasteiger partial charge in [0.15, 0.2) is 0 Å². The van der Waals surface area contributed by atoms with Crippen molar-refractivity contribution in [3.63, 3.8) is 0 Å². The molecule has 0 fully saturated rings. The second-order valence-electron chi connectivity index (χ2n) is 3.61. The van der Waals surface area contributed by atoms with Gasteiger partial charge < -0.3 is 20.8 Å². The number of carbonyl (C=O) groups is 1. The van der Waals surface area contributed by atoms with Crippen LogP contribution in [0.2, 0.25) is 0 Å². The molecule has 0 aromatic rings. The number of carbonyl (C=O) groups excluding carboxylic acids is 1. The van der Waals surface area contributed by atoms with Crippen molar-refractivity contribution in [3.8, 4) is 0 Å². The van der Waals surface area contributed by atoms with E-state index in [9.17, 15) is 4.79 Å². The summed E-state index contributed by atoms with van der Waals surface area (Å²) in [6, 6.07) is 0. The minimum Gasteiger partial charge on any atom is -0.396 e. The number of likely N-dealkylation sites (N-methyl/N-ethyl adjacent to an activating group) is 1. The Morgan fingerprint density at radius 3 is 2.47 bits per heavy atom. The average molecular weight is 218 g/mol. The molecule has 90 valence electrons. The van der Waals surface area contributed by atoms with E-state index in [2.05, 4.69) is 10.6 Å². The fourth-order valence-electron chi connectivity index (χ4n) is 1.25. The third-order valence-corrected chi connectivity index (χ3v) is 2.22. The van der Waals surface area contributed by atoms with Crippen molar-refractivity contribution in [1.29, 1.82) is 0 Å². The van der Waals surface area contributed by atoms with Crippen LogP contribution in [0, 0.1) is 5.92 Å². The highest BCUT2D eigenvalue weighted by molar-refractivity contribution is 5.77. The van der Waals surface area contributed by atoms with Crippen molar-refractivity contribution in [1.82, 2.24) is 10.6 Å². The van der Waals surface area contributed by atoms with Crippen LogP contribution in [0.4, 0.5) is 0 Å². The van der Waals surface area contributed by atoms with Gasteiger partial charge in [-0.15, -0.1) is 0 Å². The highest BCUT2D eigenvalue weighted by Gasteiger charge is 2.04. The summed E-state index contributed by atoms with van der Waals surface area (Å²) in [6.07, 6.45) is 2.59. The molecule has 4 N–H and O–H groups in total. The number of hydrogen-bond donors (Lipinski definition) is 4. The lowest BCUT2D eigenvalue weighted by molar-refractivity contribution is -0.120. The molecular formula is C10H22N2O3. The Labute approximate surface area is 90.9 Å². The molecule has 0 spiro atoms. The summed E-state index contributed by atoms with van der Waals surface area (Å²) in [4.78, 5) is 11.0. The smallest absolute Gasteiger partial charge is 0.233 e. The summed E-state index contributed by atoms with van der Waals surface area (Å²) in [5, 5.41) is 23.1. The van der Waals surface area contributed by atoms with Gasteiger partial charge in [0.05, 0.1) is 6.54 Å². The van der Waals surface area contributed by atoms with Gasteiger partial charge in [0.1, 0.15) is 0 Å². The highest BCUT2D eigenvalue weighted by atomic mass is 16.3. The fraction of sp³-hybridized carbons (Fsp3) is 0.900. The van der Waals surface area contributed by atoms with Crippen LogP contribution < -0.4 is 10.6 Å². The molecule has 0 unspecified atom stereocenters. The number of hydrogen-bond acceptors (Lipinski definition) is 4. The lowest BCUT2D eigenvalue weighted by Crippen LogP contribution is -2.32. The SMILES string of the molecule is CNCC(=O)NCCCCC(CO)CO. The molecule has 0 radical (unpaired) electrons. The van der Waals surface area contributed by atoms with Crippen molar-refractivity contribution >= 4 is 5.91 Å². The third-order valence-electron chi connectivity index (χ3n) is 2.22. The van der Waals surface area contributed by atoms with E-state index >= 15 is 0 Å². The third kappa shape index (κ3) is 8.35. The lowest BCUT2D eigenvalue weighted by atomic mass is 10.0. The van der Waals surface area contributed by atoms with Gasteiger partial charge in [-0.05, 0) is 19.9 Å². The van der Waals surface area contributed by atoms with E-state index in [4.69, 9.17) is 10.2 Å². The minimum atomic E-state index is -0.0157. The summed E-state index contributed by atoms with van der Waals surface area (Å²) in [7, 11) is 1.73. The Balaban J connectivity index is 3.27. The van der Waals surface area contributed by atoms with E-state index in [0.717, 1.165) is 19.3 Å². The van der Waals surface area contributed by atoms with Crippen LogP contribution in [0.15, 0.2) is 0 Å². The monoisotopic (exact) mass is 218 g/mol. The first-order valence-electron chi connectivity index (χ1n) is 5.37. The van der Waals surface area contributed by atoms with Crippen molar-refractivity contribution < 1.29 is 15.0 Å². The maximum absolute atomic E-state index is 11.0. The van der Waals surface area contributed by atoms with E-state index in [1.807, 2.05) is 0 Å². The van der Waals surface area contributed by atoms with E-state index < -0.39 is 0 Å². The van der Waals surface area contributed by atoms with Crippen LogP contribution in [0.5, 0.6) is 0 Å². The summed E-state index contributed by atoms with van der Waals surface area (Å²) >= 11 is 0. The van der Waals surface area contributed by atoms with E-state index in [1.54, 1.807) is 7.05 Å². The van der Waals surface area contributed by atoms with Crippen molar-refractivity contribution in [2.75, 3.05) is 33.4 Å². The van der Waals surface area contributed by atoms with Crippen molar-refractivity contribution in [2.45, 2.75) is 19.3 Å². The lowest BCUT2D eigenvalue weighted by Gasteiger charge is -2.10. The maximum Gasteiger partial charge on any atom is 0.233 e. The zero-order valence-electron chi connectivity index (χ0n) is 9.33. The van der Waals surface area contributed by atoms with Gasteiger partial charge >= 0.3 is 0 Å². The molecule has 0 aliphatic carbocycles. The summed E-state index contributed by atoms with van der Waals surface area (Å²) in [6.45, 7) is 1.06. The topological polar surface area (TPSA) is 81.6 Å². The number of aliphatic hydroxyl groups is 2. The summed E-state index contributed by atoms with van der Waals surface area (Å²) < 4.78 is 0. The Kier molecular flexibility index (Phi) is 9.46. The van der Waals surface area contributed by atoms with Gasteiger partial charge in [-0.1, -0.05) is 6.42 Å².